The Hall–Kier alpha value is -1.61. The third-order valence-corrected chi connectivity index (χ3v) is 5.14. The van der Waals surface area contributed by atoms with E-state index in [4.69, 9.17) is 5.10 Å². The van der Waals surface area contributed by atoms with E-state index in [-0.39, 0.29) is 0 Å². The summed E-state index contributed by atoms with van der Waals surface area (Å²) < 4.78 is 2.13. The molecule has 0 N–H and O–H groups in total. The van der Waals surface area contributed by atoms with Gasteiger partial charge in [0, 0.05) is 42.9 Å². The van der Waals surface area contributed by atoms with Crippen LogP contribution < -0.4 is 0 Å². The standard InChI is InChI=1S/C18H23N3/c1-3-9-21-11-14-10-16-17(15(14)12-21)18(19-20(16)2)13-7-5-4-6-8-13/h4-8,14-15H,3,9-12H2,1-2H3/t14-,15+/m1/s1. The average molecular weight is 281 g/mol. The lowest BCUT2D eigenvalue weighted by molar-refractivity contribution is 0.321. The fourth-order valence-corrected chi connectivity index (χ4v) is 4.26. The molecular formula is C18H23N3. The lowest BCUT2D eigenvalue weighted by atomic mass is 9.94. The molecule has 1 aromatic carbocycles. The number of benzene rings is 1. The SMILES string of the molecule is CCCN1C[C@H]2Cc3c(c(-c4ccccc4)nn3C)[C@H]2C1. The molecule has 1 aromatic heterocycles. The van der Waals surface area contributed by atoms with Gasteiger partial charge in [0.1, 0.15) is 0 Å². The number of nitrogens with zero attached hydrogens (tertiary/aromatic N) is 3. The first kappa shape index (κ1) is 13.1. The van der Waals surface area contributed by atoms with Gasteiger partial charge in [0.2, 0.25) is 0 Å². The van der Waals surface area contributed by atoms with Crippen LogP contribution in [0.25, 0.3) is 11.3 Å². The average Bonchev–Trinajstić information content (AvgIpc) is 3.12. The van der Waals surface area contributed by atoms with Crippen LogP contribution in [-0.2, 0) is 13.5 Å². The minimum atomic E-state index is 0.690. The van der Waals surface area contributed by atoms with Gasteiger partial charge in [-0.3, -0.25) is 4.68 Å². The molecule has 4 rings (SSSR count). The summed E-state index contributed by atoms with van der Waals surface area (Å²) in [5.41, 5.74) is 5.50. The second-order valence-corrected chi connectivity index (χ2v) is 6.53. The first-order valence-electron chi connectivity index (χ1n) is 8.11. The van der Waals surface area contributed by atoms with Gasteiger partial charge in [-0.15, -0.1) is 0 Å². The fraction of sp³-hybridized carbons (Fsp3) is 0.500. The van der Waals surface area contributed by atoms with Gasteiger partial charge in [0.15, 0.2) is 0 Å². The molecule has 0 spiro atoms. The molecule has 1 aliphatic heterocycles. The molecule has 2 aliphatic rings. The van der Waals surface area contributed by atoms with E-state index in [9.17, 15) is 0 Å². The molecule has 1 saturated heterocycles. The lowest BCUT2D eigenvalue weighted by Gasteiger charge is -2.15. The number of likely N-dealkylation sites (tertiary alicyclic amines) is 1. The Labute approximate surface area is 126 Å². The molecule has 0 saturated carbocycles. The molecule has 2 heterocycles. The van der Waals surface area contributed by atoms with E-state index >= 15 is 0 Å². The first-order chi connectivity index (χ1) is 10.3. The topological polar surface area (TPSA) is 21.1 Å². The smallest absolute Gasteiger partial charge is 0.0961 e. The second-order valence-electron chi connectivity index (χ2n) is 6.53. The zero-order valence-corrected chi connectivity index (χ0v) is 12.9. The second kappa shape index (κ2) is 4.99. The van der Waals surface area contributed by atoms with Gasteiger partial charge in [0.25, 0.3) is 0 Å². The molecule has 1 fully saturated rings. The summed E-state index contributed by atoms with van der Waals surface area (Å²) in [6.45, 7) is 6.00. The summed E-state index contributed by atoms with van der Waals surface area (Å²) in [5, 5.41) is 4.83. The van der Waals surface area contributed by atoms with E-state index < -0.39 is 0 Å². The molecule has 2 atom stereocenters. The van der Waals surface area contributed by atoms with E-state index in [2.05, 4.69) is 53.9 Å². The van der Waals surface area contributed by atoms with Crippen LogP contribution in [0.1, 0.15) is 30.5 Å². The minimum absolute atomic E-state index is 0.690. The Kier molecular flexibility index (Phi) is 3.11. The van der Waals surface area contributed by atoms with Crippen LogP contribution in [0.15, 0.2) is 30.3 Å². The summed E-state index contributed by atoms with van der Waals surface area (Å²) in [5.74, 6) is 1.49. The highest BCUT2D eigenvalue weighted by Crippen LogP contribution is 2.46. The van der Waals surface area contributed by atoms with Crippen molar-refractivity contribution >= 4 is 0 Å². The molecule has 110 valence electrons. The predicted molar refractivity (Wildman–Crippen MR) is 85.3 cm³/mol. The number of rotatable bonds is 3. The number of aryl methyl sites for hydroxylation is 1. The monoisotopic (exact) mass is 281 g/mol. The third-order valence-electron chi connectivity index (χ3n) is 5.14. The predicted octanol–water partition coefficient (Wildman–Crippen LogP) is 3.07. The maximum absolute atomic E-state index is 4.83. The van der Waals surface area contributed by atoms with Gasteiger partial charge in [-0.1, -0.05) is 37.3 Å². The third kappa shape index (κ3) is 2.03. The highest BCUT2D eigenvalue weighted by Gasteiger charge is 2.43. The van der Waals surface area contributed by atoms with Gasteiger partial charge < -0.3 is 4.90 Å². The number of hydrogen-bond acceptors (Lipinski definition) is 2. The molecule has 3 heteroatoms. The van der Waals surface area contributed by atoms with E-state index in [1.807, 2.05) is 0 Å². The van der Waals surface area contributed by atoms with E-state index in [1.54, 1.807) is 0 Å². The Balaban J connectivity index is 1.73. The van der Waals surface area contributed by atoms with Crippen molar-refractivity contribution in [2.75, 3.05) is 19.6 Å². The normalized spacial score (nSPS) is 24.3. The zero-order chi connectivity index (χ0) is 14.4. The Morgan fingerprint density at radius 2 is 2.00 bits per heavy atom. The van der Waals surface area contributed by atoms with Crippen molar-refractivity contribution < 1.29 is 0 Å². The molecule has 0 radical (unpaired) electrons. The van der Waals surface area contributed by atoms with Gasteiger partial charge >= 0.3 is 0 Å². The summed E-state index contributed by atoms with van der Waals surface area (Å²) >= 11 is 0. The maximum Gasteiger partial charge on any atom is 0.0961 e. The largest absolute Gasteiger partial charge is 0.302 e. The molecule has 0 unspecified atom stereocenters. The van der Waals surface area contributed by atoms with Gasteiger partial charge in [-0.25, -0.2) is 0 Å². The van der Waals surface area contributed by atoms with Crippen molar-refractivity contribution in [3.63, 3.8) is 0 Å². The fourth-order valence-electron chi connectivity index (χ4n) is 4.26. The van der Waals surface area contributed by atoms with Crippen molar-refractivity contribution in [3.05, 3.63) is 41.6 Å². The quantitative estimate of drug-likeness (QED) is 0.862. The van der Waals surface area contributed by atoms with Gasteiger partial charge in [0.05, 0.1) is 5.69 Å². The van der Waals surface area contributed by atoms with Crippen LogP contribution in [0.4, 0.5) is 0 Å². The van der Waals surface area contributed by atoms with Crippen molar-refractivity contribution in [2.45, 2.75) is 25.7 Å². The molecule has 0 amide bonds. The zero-order valence-electron chi connectivity index (χ0n) is 12.9. The van der Waals surface area contributed by atoms with E-state index in [0.717, 1.165) is 5.92 Å². The molecular weight excluding hydrogens is 258 g/mol. The summed E-state index contributed by atoms with van der Waals surface area (Å²) in [6.07, 6.45) is 2.46. The van der Waals surface area contributed by atoms with Crippen molar-refractivity contribution in [2.24, 2.45) is 13.0 Å². The Morgan fingerprint density at radius 3 is 2.76 bits per heavy atom. The summed E-state index contributed by atoms with van der Waals surface area (Å²) in [7, 11) is 2.11. The van der Waals surface area contributed by atoms with Crippen molar-refractivity contribution in [3.8, 4) is 11.3 Å². The molecule has 2 aromatic rings. The number of hydrogen-bond donors (Lipinski definition) is 0. The van der Waals surface area contributed by atoms with Crippen LogP contribution in [0, 0.1) is 5.92 Å². The minimum Gasteiger partial charge on any atom is -0.302 e. The molecule has 1 aliphatic carbocycles. The molecule has 0 bridgehead atoms. The Bertz CT molecular complexity index is 644. The highest BCUT2D eigenvalue weighted by atomic mass is 15.3. The number of aromatic nitrogens is 2. The Morgan fingerprint density at radius 1 is 1.19 bits per heavy atom. The van der Waals surface area contributed by atoms with Crippen LogP contribution in [-0.4, -0.2) is 34.3 Å². The van der Waals surface area contributed by atoms with Gasteiger partial charge in [-0.2, -0.15) is 5.10 Å². The molecule has 21 heavy (non-hydrogen) atoms. The van der Waals surface area contributed by atoms with Crippen molar-refractivity contribution in [1.29, 1.82) is 0 Å². The lowest BCUT2D eigenvalue weighted by Crippen LogP contribution is -2.22. The summed E-state index contributed by atoms with van der Waals surface area (Å²) in [6, 6.07) is 10.7. The van der Waals surface area contributed by atoms with Gasteiger partial charge in [-0.05, 0) is 25.3 Å². The highest BCUT2D eigenvalue weighted by molar-refractivity contribution is 5.66. The van der Waals surface area contributed by atoms with Crippen LogP contribution in [0.2, 0.25) is 0 Å². The summed E-state index contributed by atoms with van der Waals surface area (Å²) in [4.78, 5) is 2.64. The maximum atomic E-state index is 4.83. The van der Waals surface area contributed by atoms with E-state index in [0.29, 0.717) is 5.92 Å². The van der Waals surface area contributed by atoms with E-state index in [1.165, 1.54) is 55.0 Å². The number of fused-ring (bicyclic) bond motifs is 3. The van der Waals surface area contributed by atoms with Crippen LogP contribution in [0.5, 0.6) is 0 Å². The van der Waals surface area contributed by atoms with Crippen molar-refractivity contribution in [1.82, 2.24) is 14.7 Å². The first-order valence-corrected chi connectivity index (χ1v) is 8.11. The van der Waals surface area contributed by atoms with Crippen LogP contribution in [0.3, 0.4) is 0 Å². The van der Waals surface area contributed by atoms with Crippen LogP contribution >= 0.6 is 0 Å². The molecule has 3 nitrogen and oxygen atoms in total.